The standard InChI is InChI=1S/C9H15N3O2S/c1-3-12(15(13,14)11-2)9-6-4-5-8(10)7-9/h4-7,11H,3,10H2,1-2H3. The number of rotatable bonds is 4. The number of hydrogen-bond donors (Lipinski definition) is 2. The predicted molar refractivity (Wildman–Crippen MR) is 61.9 cm³/mol. The lowest BCUT2D eigenvalue weighted by Crippen LogP contribution is -2.38. The van der Waals surface area contributed by atoms with E-state index in [1.165, 1.54) is 11.4 Å². The van der Waals surface area contributed by atoms with Crippen molar-refractivity contribution in [3.05, 3.63) is 24.3 Å². The summed E-state index contributed by atoms with van der Waals surface area (Å²) < 4.78 is 26.8. The van der Waals surface area contributed by atoms with E-state index in [1.54, 1.807) is 31.2 Å². The lowest BCUT2D eigenvalue weighted by molar-refractivity contribution is 0.584. The quantitative estimate of drug-likeness (QED) is 0.741. The fraction of sp³-hybridized carbons (Fsp3) is 0.333. The van der Waals surface area contributed by atoms with Gasteiger partial charge in [-0.3, -0.25) is 4.31 Å². The molecule has 0 saturated carbocycles. The molecule has 84 valence electrons. The molecular formula is C9H15N3O2S. The molecule has 0 aromatic heterocycles. The van der Waals surface area contributed by atoms with Crippen LogP contribution >= 0.6 is 0 Å². The van der Waals surface area contributed by atoms with E-state index in [4.69, 9.17) is 5.73 Å². The SMILES string of the molecule is CCN(c1cccc(N)c1)S(=O)(=O)NC. The van der Waals surface area contributed by atoms with Crippen LogP contribution in [0.15, 0.2) is 24.3 Å². The van der Waals surface area contributed by atoms with Crippen molar-refractivity contribution in [2.75, 3.05) is 23.6 Å². The number of anilines is 2. The summed E-state index contributed by atoms with van der Waals surface area (Å²) in [6.45, 7) is 2.12. The Kier molecular flexibility index (Phi) is 3.54. The van der Waals surface area contributed by atoms with Crippen LogP contribution in [-0.2, 0) is 10.2 Å². The van der Waals surface area contributed by atoms with Gasteiger partial charge in [-0.05, 0) is 25.1 Å². The predicted octanol–water partition coefficient (Wildman–Crippen LogP) is 0.559. The molecule has 0 aliphatic carbocycles. The minimum absolute atomic E-state index is 0.354. The molecule has 0 aliphatic rings. The van der Waals surface area contributed by atoms with Gasteiger partial charge in [0.2, 0.25) is 0 Å². The molecule has 0 radical (unpaired) electrons. The molecule has 0 saturated heterocycles. The van der Waals surface area contributed by atoms with Gasteiger partial charge in [0, 0.05) is 19.3 Å². The highest BCUT2D eigenvalue weighted by molar-refractivity contribution is 7.90. The Hall–Kier alpha value is -1.27. The first-order valence-electron chi connectivity index (χ1n) is 4.58. The van der Waals surface area contributed by atoms with Gasteiger partial charge in [0.25, 0.3) is 0 Å². The van der Waals surface area contributed by atoms with Crippen LogP contribution in [0.4, 0.5) is 11.4 Å². The molecule has 0 atom stereocenters. The number of nitrogens with one attached hydrogen (secondary N) is 1. The second kappa shape index (κ2) is 4.50. The fourth-order valence-electron chi connectivity index (χ4n) is 1.28. The lowest BCUT2D eigenvalue weighted by atomic mass is 10.3. The van der Waals surface area contributed by atoms with Crippen LogP contribution in [0.2, 0.25) is 0 Å². The Balaban J connectivity index is 3.14. The lowest BCUT2D eigenvalue weighted by Gasteiger charge is -2.22. The van der Waals surface area contributed by atoms with Gasteiger partial charge in [0.15, 0.2) is 0 Å². The molecule has 6 heteroatoms. The van der Waals surface area contributed by atoms with Crippen molar-refractivity contribution in [1.82, 2.24) is 4.72 Å². The van der Waals surface area contributed by atoms with Crippen LogP contribution < -0.4 is 14.8 Å². The highest BCUT2D eigenvalue weighted by Crippen LogP contribution is 2.19. The first kappa shape index (κ1) is 11.8. The van der Waals surface area contributed by atoms with Crippen LogP contribution in [0.1, 0.15) is 6.92 Å². The summed E-state index contributed by atoms with van der Waals surface area (Å²) in [5.74, 6) is 0. The van der Waals surface area contributed by atoms with Crippen molar-refractivity contribution in [2.24, 2.45) is 0 Å². The molecule has 0 bridgehead atoms. The number of benzene rings is 1. The van der Waals surface area contributed by atoms with Crippen molar-refractivity contribution in [1.29, 1.82) is 0 Å². The van der Waals surface area contributed by atoms with Crippen molar-refractivity contribution in [3.8, 4) is 0 Å². The third-order valence-electron chi connectivity index (χ3n) is 1.99. The number of nitrogen functional groups attached to an aromatic ring is 1. The average Bonchev–Trinajstić information content (AvgIpc) is 2.18. The Bertz CT molecular complexity index is 431. The van der Waals surface area contributed by atoms with E-state index in [1.807, 2.05) is 0 Å². The third kappa shape index (κ3) is 2.60. The van der Waals surface area contributed by atoms with Crippen LogP contribution in [-0.4, -0.2) is 22.0 Å². The first-order chi connectivity index (χ1) is 7.01. The summed E-state index contributed by atoms with van der Waals surface area (Å²) in [4.78, 5) is 0. The Morgan fingerprint density at radius 2 is 2.13 bits per heavy atom. The number of nitrogens with two attached hydrogens (primary N) is 1. The van der Waals surface area contributed by atoms with Gasteiger partial charge in [-0.2, -0.15) is 8.42 Å². The van der Waals surface area contributed by atoms with E-state index >= 15 is 0 Å². The highest BCUT2D eigenvalue weighted by atomic mass is 32.2. The first-order valence-corrected chi connectivity index (χ1v) is 6.02. The zero-order valence-electron chi connectivity index (χ0n) is 8.77. The minimum atomic E-state index is -3.45. The highest BCUT2D eigenvalue weighted by Gasteiger charge is 2.18. The van der Waals surface area contributed by atoms with Crippen LogP contribution in [0.25, 0.3) is 0 Å². The Labute approximate surface area is 90.1 Å². The topological polar surface area (TPSA) is 75.4 Å². The second-order valence-corrected chi connectivity index (χ2v) is 4.77. The maximum absolute atomic E-state index is 11.6. The zero-order chi connectivity index (χ0) is 11.5. The maximum Gasteiger partial charge on any atom is 0.301 e. The smallest absolute Gasteiger partial charge is 0.301 e. The van der Waals surface area contributed by atoms with Crippen LogP contribution in [0, 0.1) is 0 Å². The maximum atomic E-state index is 11.6. The molecule has 1 aromatic rings. The van der Waals surface area contributed by atoms with Gasteiger partial charge in [-0.15, -0.1) is 0 Å². The average molecular weight is 229 g/mol. The summed E-state index contributed by atoms with van der Waals surface area (Å²) in [5.41, 5.74) is 6.69. The minimum Gasteiger partial charge on any atom is -0.399 e. The largest absolute Gasteiger partial charge is 0.399 e. The summed E-state index contributed by atoms with van der Waals surface area (Å²) in [6.07, 6.45) is 0. The van der Waals surface area contributed by atoms with Gasteiger partial charge in [0.1, 0.15) is 0 Å². The van der Waals surface area contributed by atoms with E-state index in [-0.39, 0.29) is 0 Å². The Morgan fingerprint density at radius 3 is 2.60 bits per heavy atom. The summed E-state index contributed by atoms with van der Waals surface area (Å²) in [6, 6.07) is 6.76. The molecule has 5 nitrogen and oxygen atoms in total. The van der Waals surface area contributed by atoms with E-state index in [0.29, 0.717) is 17.9 Å². The number of nitrogens with zero attached hydrogens (tertiary/aromatic N) is 1. The van der Waals surface area contributed by atoms with Crippen molar-refractivity contribution in [2.45, 2.75) is 6.92 Å². The molecule has 0 amide bonds. The van der Waals surface area contributed by atoms with E-state index < -0.39 is 10.2 Å². The van der Waals surface area contributed by atoms with Crippen LogP contribution in [0.3, 0.4) is 0 Å². The van der Waals surface area contributed by atoms with Gasteiger partial charge in [-0.1, -0.05) is 6.07 Å². The molecule has 0 aliphatic heterocycles. The number of hydrogen-bond acceptors (Lipinski definition) is 3. The van der Waals surface area contributed by atoms with E-state index in [0.717, 1.165) is 0 Å². The van der Waals surface area contributed by atoms with Gasteiger partial charge >= 0.3 is 10.2 Å². The molecule has 0 spiro atoms. The van der Waals surface area contributed by atoms with Gasteiger partial charge in [-0.25, -0.2) is 4.72 Å². The normalized spacial score (nSPS) is 11.3. The van der Waals surface area contributed by atoms with E-state index in [9.17, 15) is 8.42 Å². The summed E-state index contributed by atoms with van der Waals surface area (Å²) in [5, 5.41) is 0. The third-order valence-corrected chi connectivity index (χ3v) is 3.56. The van der Waals surface area contributed by atoms with Crippen molar-refractivity contribution >= 4 is 21.6 Å². The molecule has 0 fully saturated rings. The van der Waals surface area contributed by atoms with Gasteiger partial charge < -0.3 is 5.73 Å². The van der Waals surface area contributed by atoms with Crippen molar-refractivity contribution < 1.29 is 8.42 Å². The molecular weight excluding hydrogens is 214 g/mol. The Morgan fingerprint density at radius 1 is 1.47 bits per heavy atom. The summed E-state index contributed by atoms with van der Waals surface area (Å²) >= 11 is 0. The molecule has 3 N–H and O–H groups in total. The second-order valence-electron chi connectivity index (χ2n) is 2.97. The van der Waals surface area contributed by atoms with Gasteiger partial charge in [0.05, 0.1) is 5.69 Å². The monoisotopic (exact) mass is 229 g/mol. The van der Waals surface area contributed by atoms with Crippen molar-refractivity contribution in [3.63, 3.8) is 0 Å². The molecule has 0 heterocycles. The summed E-state index contributed by atoms with van der Waals surface area (Å²) in [7, 11) is -2.07. The molecule has 1 rings (SSSR count). The molecule has 1 aromatic carbocycles. The molecule has 15 heavy (non-hydrogen) atoms. The van der Waals surface area contributed by atoms with E-state index in [2.05, 4.69) is 4.72 Å². The molecule has 0 unspecified atom stereocenters. The zero-order valence-corrected chi connectivity index (χ0v) is 9.58. The fourth-order valence-corrected chi connectivity index (χ4v) is 2.23. The van der Waals surface area contributed by atoms with Crippen LogP contribution in [0.5, 0.6) is 0 Å².